The van der Waals surface area contributed by atoms with Crippen LogP contribution in [0.4, 0.5) is 0 Å². The second kappa shape index (κ2) is 7.46. The molecule has 1 rings (SSSR count). The second-order valence-corrected chi connectivity index (χ2v) is 4.18. The fourth-order valence-electron chi connectivity index (χ4n) is 1.68. The Balaban J connectivity index is 2.01. The molecule has 15 heavy (non-hydrogen) atoms. The largest absolute Gasteiger partial charge is 0.336 e. The highest BCUT2D eigenvalue weighted by Gasteiger charge is 2.00. The molecule has 0 radical (unpaired) electrons. The van der Waals surface area contributed by atoms with Crippen molar-refractivity contribution in [1.29, 1.82) is 0 Å². The number of rotatable bonds is 8. The molecule has 0 bridgehead atoms. The van der Waals surface area contributed by atoms with Gasteiger partial charge < -0.3 is 9.88 Å². The first-order valence-corrected chi connectivity index (χ1v) is 6.02. The van der Waals surface area contributed by atoms with Gasteiger partial charge >= 0.3 is 0 Å². The summed E-state index contributed by atoms with van der Waals surface area (Å²) >= 11 is 0. The molecule has 0 spiro atoms. The van der Waals surface area contributed by atoms with Crippen LogP contribution in [0.3, 0.4) is 0 Å². The summed E-state index contributed by atoms with van der Waals surface area (Å²) in [4.78, 5) is 4.03. The van der Waals surface area contributed by atoms with Crippen molar-refractivity contribution in [3.05, 3.63) is 18.7 Å². The first kappa shape index (κ1) is 12.2. The number of nitrogens with zero attached hydrogens (tertiary/aromatic N) is 2. The molecular formula is C12H23N3. The summed E-state index contributed by atoms with van der Waals surface area (Å²) in [5.74, 6) is 0. The van der Waals surface area contributed by atoms with Gasteiger partial charge in [0.25, 0.3) is 0 Å². The molecule has 0 saturated carbocycles. The fraction of sp³-hybridized carbons (Fsp3) is 0.750. The van der Waals surface area contributed by atoms with Gasteiger partial charge in [0.05, 0.1) is 6.33 Å². The van der Waals surface area contributed by atoms with Crippen LogP contribution in [-0.4, -0.2) is 22.1 Å². The van der Waals surface area contributed by atoms with E-state index in [1.807, 2.05) is 18.7 Å². The maximum atomic E-state index is 4.03. The van der Waals surface area contributed by atoms with Crippen LogP contribution in [0, 0.1) is 0 Å². The lowest BCUT2D eigenvalue weighted by Gasteiger charge is -2.13. The summed E-state index contributed by atoms with van der Waals surface area (Å²) in [6.45, 7) is 6.61. The highest BCUT2D eigenvalue weighted by atomic mass is 15.1. The fourth-order valence-corrected chi connectivity index (χ4v) is 1.68. The summed E-state index contributed by atoms with van der Waals surface area (Å²) < 4.78 is 2.11. The average Bonchev–Trinajstić information content (AvgIpc) is 2.70. The summed E-state index contributed by atoms with van der Waals surface area (Å²) in [7, 11) is 0. The van der Waals surface area contributed by atoms with E-state index in [0.29, 0.717) is 6.04 Å². The van der Waals surface area contributed by atoms with Crippen molar-refractivity contribution in [2.75, 3.05) is 6.54 Å². The third-order valence-electron chi connectivity index (χ3n) is 2.57. The van der Waals surface area contributed by atoms with Gasteiger partial charge in [0.15, 0.2) is 0 Å². The molecular weight excluding hydrogens is 186 g/mol. The second-order valence-electron chi connectivity index (χ2n) is 4.18. The van der Waals surface area contributed by atoms with Crippen LogP contribution in [0.1, 0.15) is 39.5 Å². The molecule has 86 valence electrons. The van der Waals surface area contributed by atoms with Crippen LogP contribution in [0.5, 0.6) is 0 Å². The Labute approximate surface area is 92.9 Å². The quantitative estimate of drug-likeness (QED) is 0.666. The maximum absolute atomic E-state index is 4.03. The Morgan fingerprint density at radius 2 is 2.20 bits per heavy atom. The molecule has 1 atom stereocenters. The van der Waals surface area contributed by atoms with E-state index < -0.39 is 0 Å². The van der Waals surface area contributed by atoms with Gasteiger partial charge in [-0.25, -0.2) is 4.98 Å². The van der Waals surface area contributed by atoms with Gasteiger partial charge in [-0.05, 0) is 19.9 Å². The van der Waals surface area contributed by atoms with Crippen molar-refractivity contribution in [2.45, 2.75) is 52.1 Å². The monoisotopic (exact) mass is 209 g/mol. The number of hydrogen-bond acceptors (Lipinski definition) is 2. The first-order chi connectivity index (χ1) is 7.33. The predicted octanol–water partition coefficient (Wildman–Crippen LogP) is 2.44. The van der Waals surface area contributed by atoms with E-state index in [0.717, 1.165) is 13.1 Å². The number of nitrogens with one attached hydrogen (secondary N) is 1. The maximum Gasteiger partial charge on any atom is 0.0946 e. The Morgan fingerprint density at radius 1 is 1.33 bits per heavy atom. The van der Waals surface area contributed by atoms with Gasteiger partial charge in [-0.2, -0.15) is 0 Å². The highest BCUT2D eigenvalue weighted by Crippen LogP contribution is 1.98. The summed E-state index contributed by atoms with van der Waals surface area (Å²) in [6, 6.07) is 0.529. The van der Waals surface area contributed by atoms with E-state index >= 15 is 0 Å². The first-order valence-electron chi connectivity index (χ1n) is 6.02. The minimum atomic E-state index is 0.529. The molecule has 1 aromatic rings. The molecule has 0 saturated heterocycles. The third kappa shape index (κ3) is 5.57. The van der Waals surface area contributed by atoms with E-state index in [4.69, 9.17) is 0 Å². The Bertz CT molecular complexity index is 231. The van der Waals surface area contributed by atoms with E-state index in [9.17, 15) is 0 Å². The number of aromatic nitrogens is 2. The lowest BCUT2D eigenvalue weighted by atomic mass is 10.2. The predicted molar refractivity (Wildman–Crippen MR) is 63.8 cm³/mol. The van der Waals surface area contributed by atoms with Crippen LogP contribution in [-0.2, 0) is 6.54 Å². The zero-order valence-corrected chi connectivity index (χ0v) is 9.95. The lowest BCUT2D eigenvalue weighted by Crippen LogP contribution is -2.30. The summed E-state index contributed by atoms with van der Waals surface area (Å²) in [6.07, 6.45) is 11.0. The van der Waals surface area contributed by atoms with E-state index in [2.05, 4.69) is 28.7 Å². The molecule has 1 unspecified atom stereocenters. The summed E-state index contributed by atoms with van der Waals surface area (Å²) in [5.41, 5.74) is 0. The zero-order valence-electron chi connectivity index (χ0n) is 9.95. The zero-order chi connectivity index (χ0) is 10.9. The molecule has 3 heteroatoms. The van der Waals surface area contributed by atoms with Crippen LogP contribution < -0.4 is 5.32 Å². The van der Waals surface area contributed by atoms with Gasteiger partial charge in [0.1, 0.15) is 0 Å². The van der Waals surface area contributed by atoms with Gasteiger partial charge in [-0.1, -0.05) is 26.2 Å². The third-order valence-corrected chi connectivity index (χ3v) is 2.57. The molecule has 1 aromatic heterocycles. The van der Waals surface area contributed by atoms with Gasteiger partial charge in [-0.15, -0.1) is 0 Å². The highest BCUT2D eigenvalue weighted by molar-refractivity contribution is 4.76. The standard InChI is InChI=1S/C12H23N3/c1-3-4-5-6-7-14-12(2)10-15-9-8-13-11-15/h8-9,11-12,14H,3-7,10H2,1-2H3. The molecule has 0 aliphatic carbocycles. The number of unbranched alkanes of at least 4 members (excludes halogenated alkanes) is 3. The van der Waals surface area contributed by atoms with Crippen molar-refractivity contribution >= 4 is 0 Å². The van der Waals surface area contributed by atoms with Gasteiger partial charge in [-0.3, -0.25) is 0 Å². The normalized spacial score (nSPS) is 12.9. The number of hydrogen-bond donors (Lipinski definition) is 1. The Kier molecular flexibility index (Phi) is 6.09. The van der Waals surface area contributed by atoms with E-state index in [1.54, 1.807) is 0 Å². The van der Waals surface area contributed by atoms with Crippen LogP contribution in [0.15, 0.2) is 18.7 Å². The van der Waals surface area contributed by atoms with Crippen molar-refractivity contribution < 1.29 is 0 Å². The Morgan fingerprint density at radius 3 is 2.87 bits per heavy atom. The van der Waals surface area contributed by atoms with Crippen LogP contribution >= 0.6 is 0 Å². The minimum Gasteiger partial charge on any atom is -0.336 e. The summed E-state index contributed by atoms with van der Waals surface area (Å²) in [5, 5.41) is 3.53. The molecule has 0 aliphatic rings. The van der Waals surface area contributed by atoms with Crippen molar-refractivity contribution in [3.8, 4) is 0 Å². The van der Waals surface area contributed by atoms with Crippen molar-refractivity contribution in [1.82, 2.24) is 14.9 Å². The van der Waals surface area contributed by atoms with E-state index in [-0.39, 0.29) is 0 Å². The molecule has 1 heterocycles. The molecule has 0 aliphatic heterocycles. The number of imidazole rings is 1. The average molecular weight is 209 g/mol. The lowest BCUT2D eigenvalue weighted by molar-refractivity contribution is 0.465. The van der Waals surface area contributed by atoms with Gasteiger partial charge in [0, 0.05) is 25.0 Å². The smallest absolute Gasteiger partial charge is 0.0946 e. The van der Waals surface area contributed by atoms with E-state index in [1.165, 1.54) is 25.7 Å². The minimum absolute atomic E-state index is 0.529. The van der Waals surface area contributed by atoms with Crippen molar-refractivity contribution in [3.63, 3.8) is 0 Å². The van der Waals surface area contributed by atoms with Crippen LogP contribution in [0.25, 0.3) is 0 Å². The van der Waals surface area contributed by atoms with Crippen LogP contribution in [0.2, 0.25) is 0 Å². The molecule has 1 N–H and O–H groups in total. The van der Waals surface area contributed by atoms with Crippen molar-refractivity contribution in [2.24, 2.45) is 0 Å². The molecule has 3 nitrogen and oxygen atoms in total. The molecule has 0 fully saturated rings. The Hall–Kier alpha value is -0.830. The topological polar surface area (TPSA) is 29.9 Å². The van der Waals surface area contributed by atoms with Gasteiger partial charge in [0.2, 0.25) is 0 Å². The molecule has 0 amide bonds. The SMILES string of the molecule is CCCCCCNC(C)Cn1ccnc1. The molecule has 0 aromatic carbocycles.